The second-order valence-corrected chi connectivity index (χ2v) is 7.93. The summed E-state index contributed by atoms with van der Waals surface area (Å²) in [6.45, 7) is 1.15. The Kier molecular flexibility index (Phi) is 6.51. The maximum atomic E-state index is 12.4. The quantitative estimate of drug-likeness (QED) is 0.812. The third kappa shape index (κ3) is 5.31. The van der Waals surface area contributed by atoms with Gasteiger partial charge in [-0.25, -0.2) is 9.78 Å². The van der Waals surface area contributed by atoms with Crippen LogP contribution in [0.5, 0.6) is 5.75 Å². The molecule has 1 saturated heterocycles. The van der Waals surface area contributed by atoms with Crippen LogP contribution in [0.25, 0.3) is 0 Å². The van der Waals surface area contributed by atoms with Crippen molar-refractivity contribution in [3.05, 3.63) is 43.0 Å². The van der Waals surface area contributed by atoms with Crippen molar-refractivity contribution >= 4 is 17.7 Å². The molecule has 1 aliphatic carbocycles. The van der Waals surface area contributed by atoms with E-state index in [-0.39, 0.29) is 24.0 Å². The lowest BCUT2D eigenvalue weighted by atomic mass is 9.88. The summed E-state index contributed by atoms with van der Waals surface area (Å²) in [7, 11) is 0. The number of nitrogens with zero attached hydrogens (tertiary/aromatic N) is 3. The number of carbonyl (C=O) groups excluding carboxylic acids is 2. The molecule has 0 unspecified atom stereocenters. The van der Waals surface area contributed by atoms with Crippen LogP contribution in [0.1, 0.15) is 44.9 Å². The number of hydrogen-bond donors (Lipinski definition) is 1. The van der Waals surface area contributed by atoms with Gasteiger partial charge >= 0.3 is 6.09 Å². The lowest BCUT2D eigenvalue weighted by Gasteiger charge is -2.31. The Morgan fingerprint density at radius 1 is 1.00 bits per heavy atom. The second-order valence-electron chi connectivity index (χ2n) is 7.93. The minimum absolute atomic E-state index is 0.0512. The molecule has 2 aliphatic rings. The number of piperidine rings is 1. The van der Waals surface area contributed by atoms with Gasteiger partial charge in [-0.05, 0) is 37.1 Å². The van der Waals surface area contributed by atoms with Crippen molar-refractivity contribution in [1.29, 1.82) is 0 Å². The van der Waals surface area contributed by atoms with Gasteiger partial charge in [0.1, 0.15) is 18.2 Å². The van der Waals surface area contributed by atoms with Gasteiger partial charge in [0.15, 0.2) is 0 Å². The summed E-state index contributed by atoms with van der Waals surface area (Å²) in [6.07, 6.45) is 11.6. The molecule has 1 aliphatic heterocycles. The van der Waals surface area contributed by atoms with E-state index in [4.69, 9.17) is 9.57 Å². The molecule has 2 aromatic rings. The van der Waals surface area contributed by atoms with Crippen molar-refractivity contribution in [3.63, 3.8) is 0 Å². The lowest BCUT2D eigenvalue weighted by molar-refractivity contribution is -0.120. The number of rotatable bonds is 5. The Morgan fingerprint density at radius 2 is 1.73 bits per heavy atom. The third-order valence-corrected chi connectivity index (χ3v) is 5.75. The van der Waals surface area contributed by atoms with Crippen molar-refractivity contribution in [1.82, 2.24) is 14.6 Å². The molecule has 1 N–H and O–H groups in total. The first-order valence-electron chi connectivity index (χ1n) is 10.7. The third-order valence-electron chi connectivity index (χ3n) is 5.75. The summed E-state index contributed by atoms with van der Waals surface area (Å²) < 4.78 is 7.08. The van der Waals surface area contributed by atoms with Gasteiger partial charge in [-0.1, -0.05) is 19.3 Å². The van der Waals surface area contributed by atoms with Gasteiger partial charge in [0.2, 0.25) is 5.91 Å². The maximum Gasteiger partial charge on any atom is 0.415 e. The number of benzene rings is 1. The standard InChI is InChI=1S/C22H28N4O4/c27-21(17-4-2-1-3-5-17)24-18-6-8-19(9-7-18)29-22(28)25-13-10-20(11-14-25)30-26-15-12-23-16-26/h6-9,12,15-17,20H,1-5,10-11,13-14H2,(H,24,27). The van der Waals surface area contributed by atoms with Crippen LogP contribution >= 0.6 is 0 Å². The molecule has 8 heteroatoms. The fourth-order valence-corrected chi connectivity index (χ4v) is 4.01. The zero-order valence-corrected chi connectivity index (χ0v) is 17.0. The number of imidazole rings is 1. The molecule has 8 nitrogen and oxygen atoms in total. The van der Waals surface area contributed by atoms with E-state index < -0.39 is 0 Å². The van der Waals surface area contributed by atoms with Crippen molar-refractivity contribution in [2.24, 2.45) is 5.92 Å². The highest BCUT2D eigenvalue weighted by molar-refractivity contribution is 5.92. The summed E-state index contributed by atoms with van der Waals surface area (Å²) >= 11 is 0. The second kappa shape index (κ2) is 9.65. The van der Waals surface area contributed by atoms with Gasteiger partial charge in [-0.2, -0.15) is 4.73 Å². The van der Waals surface area contributed by atoms with Gasteiger partial charge < -0.3 is 19.8 Å². The minimum Gasteiger partial charge on any atom is -0.410 e. The highest BCUT2D eigenvalue weighted by atomic mass is 16.7. The molecule has 30 heavy (non-hydrogen) atoms. The van der Waals surface area contributed by atoms with Crippen LogP contribution in [0, 0.1) is 5.92 Å². The first-order valence-corrected chi connectivity index (χ1v) is 10.7. The minimum atomic E-state index is -0.366. The summed E-state index contributed by atoms with van der Waals surface area (Å²) in [5.41, 5.74) is 0.725. The Hall–Kier alpha value is -3.03. The van der Waals surface area contributed by atoms with Gasteiger partial charge in [-0.3, -0.25) is 4.79 Å². The first-order chi connectivity index (χ1) is 14.7. The highest BCUT2D eigenvalue weighted by Gasteiger charge is 2.26. The molecule has 1 aromatic heterocycles. The zero-order chi connectivity index (χ0) is 20.8. The fourth-order valence-electron chi connectivity index (χ4n) is 4.01. The van der Waals surface area contributed by atoms with Crippen LogP contribution in [0.15, 0.2) is 43.0 Å². The van der Waals surface area contributed by atoms with E-state index in [1.54, 1.807) is 52.6 Å². The lowest BCUT2D eigenvalue weighted by Crippen LogP contribution is -2.44. The molecule has 160 valence electrons. The van der Waals surface area contributed by atoms with E-state index in [1.807, 2.05) is 0 Å². The van der Waals surface area contributed by atoms with Crippen molar-refractivity contribution in [3.8, 4) is 5.75 Å². The van der Waals surface area contributed by atoms with Crippen molar-refractivity contribution in [2.75, 3.05) is 18.4 Å². The summed E-state index contributed by atoms with van der Waals surface area (Å²) in [4.78, 5) is 36.2. The smallest absolute Gasteiger partial charge is 0.410 e. The number of likely N-dealkylation sites (tertiary alicyclic amines) is 1. The molecule has 1 saturated carbocycles. The number of nitrogens with one attached hydrogen (secondary N) is 1. The van der Waals surface area contributed by atoms with E-state index in [9.17, 15) is 9.59 Å². The van der Waals surface area contributed by atoms with Crippen LogP contribution in [0.2, 0.25) is 0 Å². The molecule has 0 bridgehead atoms. The molecule has 2 amide bonds. The monoisotopic (exact) mass is 412 g/mol. The normalized spacial score (nSPS) is 18.1. The predicted molar refractivity (Wildman–Crippen MR) is 111 cm³/mol. The Labute approximate surface area is 176 Å². The molecule has 2 fully saturated rings. The van der Waals surface area contributed by atoms with Gasteiger partial charge in [0.25, 0.3) is 0 Å². The fraction of sp³-hybridized carbons (Fsp3) is 0.500. The molecule has 0 spiro atoms. The Bertz CT molecular complexity index is 823. The maximum absolute atomic E-state index is 12.4. The molecule has 0 atom stereocenters. The highest BCUT2D eigenvalue weighted by Crippen LogP contribution is 2.25. The molecule has 1 aromatic carbocycles. The predicted octanol–water partition coefficient (Wildman–Crippen LogP) is 3.49. The van der Waals surface area contributed by atoms with Crippen LogP contribution < -0.4 is 14.9 Å². The van der Waals surface area contributed by atoms with E-state index in [0.717, 1.165) is 44.2 Å². The number of aromatic nitrogens is 2. The van der Waals surface area contributed by atoms with Crippen LogP contribution in [-0.2, 0) is 4.79 Å². The average molecular weight is 412 g/mol. The van der Waals surface area contributed by atoms with Crippen LogP contribution in [0.4, 0.5) is 10.5 Å². The molecular formula is C22H28N4O4. The topological polar surface area (TPSA) is 85.7 Å². The summed E-state index contributed by atoms with van der Waals surface area (Å²) in [6, 6.07) is 6.97. The molecule has 4 rings (SSSR count). The average Bonchev–Trinajstić information content (AvgIpc) is 3.29. The van der Waals surface area contributed by atoms with E-state index in [1.165, 1.54) is 6.42 Å². The number of ether oxygens (including phenoxy) is 1. The zero-order valence-electron chi connectivity index (χ0n) is 17.0. The largest absolute Gasteiger partial charge is 0.415 e. The van der Waals surface area contributed by atoms with Crippen molar-refractivity contribution in [2.45, 2.75) is 51.0 Å². The molecule has 2 heterocycles. The van der Waals surface area contributed by atoms with Crippen LogP contribution in [0.3, 0.4) is 0 Å². The first kappa shape index (κ1) is 20.3. The van der Waals surface area contributed by atoms with E-state index in [2.05, 4.69) is 10.3 Å². The number of carbonyl (C=O) groups is 2. The Balaban J connectivity index is 1.22. The summed E-state index contributed by atoms with van der Waals surface area (Å²) in [5.74, 6) is 0.657. The number of anilines is 1. The van der Waals surface area contributed by atoms with Gasteiger partial charge in [0.05, 0.1) is 6.20 Å². The van der Waals surface area contributed by atoms with E-state index >= 15 is 0 Å². The molecule has 0 radical (unpaired) electrons. The number of hydrogen-bond acceptors (Lipinski definition) is 5. The van der Waals surface area contributed by atoms with Gasteiger partial charge in [0, 0.05) is 43.7 Å². The summed E-state index contributed by atoms with van der Waals surface area (Å²) in [5, 5.41) is 2.97. The van der Waals surface area contributed by atoms with Crippen LogP contribution in [-0.4, -0.2) is 45.8 Å². The SMILES string of the molecule is O=C(Nc1ccc(OC(=O)N2CCC(On3ccnc3)CC2)cc1)C1CCCCC1. The number of amides is 2. The molecular weight excluding hydrogens is 384 g/mol. The van der Waals surface area contributed by atoms with E-state index in [0.29, 0.717) is 18.8 Å². The van der Waals surface area contributed by atoms with Crippen molar-refractivity contribution < 1.29 is 19.2 Å². The Morgan fingerprint density at radius 3 is 2.40 bits per heavy atom. The van der Waals surface area contributed by atoms with Gasteiger partial charge in [-0.15, -0.1) is 0 Å².